The third kappa shape index (κ3) is 3.91. The minimum Gasteiger partial charge on any atom is -0.468 e. The first-order valence-corrected chi connectivity index (χ1v) is 7.86. The second-order valence-electron chi connectivity index (χ2n) is 6.97. The highest BCUT2D eigenvalue weighted by Crippen LogP contribution is 2.39. The predicted octanol–water partition coefficient (Wildman–Crippen LogP) is 2.47. The lowest BCUT2D eigenvalue weighted by molar-refractivity contribution is -0.162. The van der Waals surface area contributed by atoms with Crippen LogP contribution < -0.4 is 5.32 Å². The van der Waals surface area contributed by atoms with Crippen molar-refractivity contribution in [2.24, 2.45) is 11.8 Å². The van der Waals surface area contributed by atoms with Crippen LogP contribution in [0.3, 0.4) is 0 Å². The van der Waals surface area contributed by atoms with E-state index in [0.29, 0.717) is 0 Å². The molecule has 0 radical (unpaired) electrons. The van der Waals surface area contributed by atoms with E-state index < -0.39 is 17.6 Å². The summed E-state index contributed by atoms with van der Waals surface area (Å²) in [5.41, 5.74) is 0.392. The number of carbonyl (C=O) groups is 2. The van der Waals surface area contributed by atoms with Gasteiger partial charge >= 0.3 is 11.9 Å². The molecule has 1 N–H and O–H groups in total. The van der Waals surface area contributed by atoms with Gasteiger partial charge in [-0.15, -0.1) is 0 Å². The summed E-state index contributed by atoms with van der Waals surface area (Å²) >= 11 is 0. The minimum absolute atomic E-state index is 0.220. The summed E-state index contributed by atoms with van der Waals surface area (Å²) in [5, 5.41) is 3.25. The van der Waals surface area contributed by atoms with Gasteiger partial charge in [0.2, 0.25) is 0 Å². The lowest BCUT2D eigenvalue weighted by Gasteiger charge is -2.26. The molecule has 0 spiro atoms. The Morgan fingerprint density at radius 3 is 2.22 bits per heavy atom. The molecule has 0 bridgehead atoms. The topological polar surface area (TPSA) is 64.6 Å². The van der Waals surface area contributed by atoms with E-state index in [1.165, 1.54) is 7.11 Å². The fourth-order valence-electron chi connectivity index (χ4n) is 3.05. The second-order valence-corrected chi connectivity index (χ2v) is 6.97. The maximum atomic E-state index is 12.7. The molecule has 1 aliphatic heterocycles. The minimum atomic E-state index is -0.568. The Hall–Kier alpha value is -1.88. The summed E-state index contributed by atoms with van der Waals surface area (Å²) in [5.74, 6) is -1.31. The van der Waals surface area contributed by atoms with Crippen molar-refractivity contribution in [3.63, 3.8) is 0 Å². The van der Waals surface area contributed by atoms with E-state index in [1.54, 1.807) is 0 Å². The van der Waals surface area contributed by atoms with Crippen molar-refractivity contribution in [3.8, 4) is 0 Å². The lowest BCUT2D eigenvalue weighted by atomic mass is 9.85. The van der Waals surface area contributed by atoms with Crippen LogP contribution in [-0.2, 0) is 19.1 Å². The van der Waals surface area contributed by atoms with Crippen LogP contribution in [0.2, 0.25) is 0 Å². The Bertz CT molecular complexity index is 564. The van der Waals surface area contributed by atoms with Crippen LogP contribution in [0, 0.1) is 11.8 Å². The van der Waals surface area contributed by atoms with Crippen LogP contribution in [0.5, 0.6) is 0 Å². The van der Waals surface area contributed by atoms with Crippen molar-refractivity contribution in [2.45, 2.75) is 45.4 Å². The number of ether oxygens (including phenoxy) is 2. The van der Waals surface area contributed by atoms with Crippen LogP contribution in [0.4, 0.5) is 0 Å². The Balaban J connectivity index is 2.33. The maximum Gasteiger partial charge on any atom is 0.323 e. The molecular formula is C18H25NO4. The molecule has 1 heterocycles. The molecular weight excluding hydrogens is 294 g/mol. The van der Waals surface area contributed by atoms with Gasteiger partial charge in [0.05, 0.1) is 13.0 Å². The number of esters is 2. The highest BCUT2D eigenvalue weighted by molar-refractivity contribution is 5.81. The number of nitrogens with one attached hydrogen (secondary N) is 1. The molecule has 23 heavy (non-hydrogen) atoms. The Morgan fingerprint density at radius 2 is 1.70 bits per heavy atom. The molecule has 2 rings (SSSR count). The van der Waals surface area contributed by atoms with Gasteiger partial charge in [0.1, 0.15) is 11.6 Å². The summed E-state index contributed by atoms with van der Waals surface area (Å²) in [4.78, 5) is 24.7. The van der Waals surface area contributed by atoms with Crippen LogP contribution in [0.15, 0.2) is 30.3 Å². The zero-order chi connectivity index (χ0) is 17.2. The number of rotatable bonds is 3. The van der Waals surface area contributed by atoms with Gasteiger partial charge in [-0.2, -0.15) is 0 Å². The molecule has 0 unspecified atom stereocenters. The van der Waals surface area contributed by atoms with Crippen molar-refractivity contribution < 1.29 is 19.1 Å². The normalized spacial score (nSPS) is 27.5. The standard InChI is InChI=1S/C18H25NO4/c1-11-13(16(20)23-18(2,3)4)15(12-9-7-6-8-10-12)19-14(11)17(21)22-5/h6-11,13-15,19H,1-5H3/t11-,13-,14-,15-/m1/s1. The zero-order valence-electron chi connectivity index (χ0n) is 14.3. The van der Waals surface area contributed by atoms with E-state index in [9.17, 15) is 9.59 Å². The van der Waals surface area contributed by atoms with E-state index in [0.717, 1.165) is 5.56 Å². The van der Waals surface area contributed by atoms with Crippen LogP contribution >= 0.6 is 0 Å². The number of hydrogen-bond donors (Lipinski definition) is 1. The molecule has 126 valence electrons. The monoisotopic (exact) mass is 319 g/mol. The summed E-state index contributed by atoms with van der Waals surface area (Å²) < 4.78 is 10.4. The van der Waals surface area contributed by atoms with Gasteiger partial charge in [-0.3, -0.25) is 14.9 Å². The number of carbonyl (C=O) groups excluding carboxylic acids is 2. The third-order valence-electron chi connectivity index (χ3n) is 4.10. The third-order valence-corrected chi connectivity index (χ3v) is 4.10. The van der Waals surface area contributed by atoms with E-state index in [-0.39, 0.29) is 23.9 Å². The van der Waals surface area contributed by atoms with E-state index in [2.05, 4.69) is 5.32 Å². The van der Waals surface area contributed by atoms with Gasteiger partial charge in [0, 0.05) is 6.04 Å². The average molecular weight is 319 g/mol. The van der Waals surface area contributed by atoms with Gasteiger partial charge in [-0.25, -0.2) is 0 Å². The Labute approximate surface area is 137 Å². The highest BCUT2D eigenvalue weighted by atomic mass is 16.6. The summed E-state index contributed by atoms with van der Waals surface area (Å²) in [6, 6.07) is 8.84. The summed E-state index contributed by atoms with van der Waals surface area (Å²) in [6.07, 6.45) is 0. The molecule has 5 nitrogen and oxygen atoms in total. The first-order chi connectivity index (χ1) is 10.7. The molecule has 1 fully saturated rings. The first-order valence-electron chi connectivity index (χ1n) is 7.86. The van der Waals surface area contributed by atoms with Gasteiger partial charge < -0.3 is 9.47 Å². The van der Waals surface area contributed by atoms with E-state index in [1.807, 2.05) is 58.0 Å². The molecule has 1 aromatic rings. The second kappa shape index (κ2) is 6.71. The largest absolute Gasteiger partial charge is 0.468 e. The van der Waals surface area contributed by atoms with Crippen LogP contribution in [0.25, 0.3) is 0 Å². The molecule has 0 amide bonds. The number of hydrogen-bond acceptors (Lipinski definition) is 5. The predicted molar refractivity (Wildman–Crippen MR) is 86.6 cm³/mol. The molecule has 0 aromatic heterocycles. The van der Waals surface area contributed by atoms with Crippen LogP contribution in [0.1, 0.15) is 39.3 Å². The molecule has 5 heteroatoms. The van der Waals surface area contributed by atoms with Crippen molar-refractivity contribution in [1.29, 1.82) is 0 Å². The van der Waals surface area contributed by atoms with Crippen molar-refractivity contribution in [2.75, 3.05) is 7.11 Å². The van der Waals surface area contributed by atoms with Gasteiger partial charge in [0.25, 0.3) is 0 Å². The van der Waals surface area contributed by atoms with Crippen molar-refractivity contribution >= 4 is 11.9 Å². The molecule has 0 saturated carbocycles. The first kappa shape index (κ1) is 17.5. The fraction of sp³-hybridized carbons (Fsp3) is 0.556. The number of methoxy groups -OCH3 is 1. The van der Waals surface area contributed by atoms with Gasteiger partial charge in [0.15, 0.2) is 0 Å². The van der Waals surface area contributed by atoms with Crippen molar-refractivity contribution in [1.82, 2.24) is 5.32 Å². The molecule has 1 aromatic carbocycles. The van der Waals surface area contributed by atoms with E-state index in [4.69, 9.17) is 9.47 Å². The fourth-order valence-corrected chi connectivity index (χ4v) is 3.05. The summed E-state index contributed by atoms with van der Waals surface area (Å²) in [6.45, 7) is 7.40. The lowest BCUT2D eigenvalue weighted by Crippen LogP contribution is -2.37. The summed E-state index contributed by atoms with van der Waals surface area (Å²) in [7, 11) is 1.36. The Kier molecular flexibility index (Phi) is 5.09. The number of benzene rings is 1. The highest BCUT2D eigenvalue weighted by Gasteiger charge is 2.49. The SMILES string of the molecule is COC(=O)[C@@H]1N[C@H](c2ccccc2)[C@H](C(=O)OC(C)(C)C)[C@H]1C. The molecule has 0 aliphatic carbocycles. The smallest absolute Gasteiger partial charge is 0.323 e. The molecule has 4 atom stereocenters. The average Bonchev–Trinajstić information content (AvgIpc) is 2.83. The quantitative estimate of drug-likeness (QED) is 0.867. The molecule has 1 aliphatic rings. The van der Waals surface area contributed by atoms with Crippen molar-refractivity contribution in [3.05, 3.63) is 35.9 Å². The maximum absolute atomic E-state index is 12.7. The van der Waals surface area contributed by atoms with Gasteiger partial charge in [-0.05, 0) is 32.3 Å². The van der Waals surface area contributed by atoms with E-state index >= 15 is 0 Å². The Morgan fingerprint density at radius 1 is 1.09 bits per heavy atom. The van der Waals surface area contributed by atoms with Crippen LogP contribution in [-0.4, -0.2) is 30.7 Å². The zero-order valence-corrected chi connectivity index (χ0v) is 14.3. The van der Waals surface area contributed by atoms with Gasteiger partial charge in [-0.1, -0.05) is 37.3 Å². The molecule has 1 saturated heterocycles.